The number of nitrogens with two attached hydrogens (primary N) is 2. The minimum Gasteiger partial charge on any atom is -0.480 e. The number of carboxylic acid groups (broad SMARTS) is 1. The third-order valence-corrected chi connectivity index (χ3v) is 5.90. The summed E-state index contributed by atoms with van der Waals surface area (Å²) in [5, 5.41) is 26.5. The summed E-state index contributed by atoms with van der Waals surface area (Å²) in [4.78, 5) is 64.4. The van der Waals surface area contributed by atoms with Crippen LogP contribution < -0.4 is 27.4 Å². The first-order valence-corrected chi connectivity index (χ1v) is 12.3. The molecular formula is C25H36N6O7. The number of aliphatic carboxylic acids is 1. The second kappa shape index (κ2) is 14.1. The molecular weight excluding hydrogens is 496 g/mol. The molecule has 4 atom stereocenters. The van der Waals surface area contributed by atoms with Gasteiger partial charge < -0.3 is 42.6 Å². The number of rotatable bonds is 15. The number of carboxylic acids is 1. The standard InChI is InChI=1S/C25H36N6O7/c1-13(2)9-19(24(36)31-20(12-32)25(37)38)30-23(35)18(7-8-21(27)33)29-22(34)16(26)10-14-11-28-17-6-4-3-5-15(14)17/h3-6,11,13,16,18-20,28,32H,7-10,12,26H2,1-2H3,(H2,27,33)(H,29,34)(H,30,35)(H,31,36)(H,37,38). The van der Waals surface area contributed by atoms with Gasteiger partial charge in [0.25, 0.3) is 0 Å². The Morgan fingerprint density at radius 1 is 0.947 bits per heavy atom. The smallest absolute Gasteiger partial charge is 0.328 e. The Morgan fingerprint density at radius 3 is 2.16 bits per heavy atom. The van der Waals surface area contributed by atoms with E-state index in [1.54, 1.807) is 20.0 Å². The summed E-state index contributed by atoms with van der Waals surface area (Å²) in [6.45, 7) is 2.75. The molecule has 0 saturated carbocycles. The first-order valence-electron chi connectivity index (χ1n) is 12.3. The number of aromatic amines is 1. The summed E-state index contributed by atoms with van der Waals surface area (Å²) in [7, 11) is 0. The number of benzene rings is 1. The Kier molecular flexibility index (Phi) is 11.2. The lowest BCUT2D eigenvalue weighted by Gasteiger charge is -2.25. The predicted molar refractivity (Wildman–Crippen MR) is 138 cm³/mol. The number of carbonyl (C=O) groups is 5. The average molecular weight is 533 g/mol. The molecule has 208 valence electrons. The van der Waals surface area contributed by atoms with E-state index in [1.165, 1.54) is 0 Å². The van der Waals surface area contributed by atoms with Crippen LogP contribution in [0.3, 0.4) is 0 Å². The number of amides is 4. The van der Waals surface area contributed by atoms with Crippen molar-refractivity contribution < 1.29 is 34.2 Å². The monoisotopic (exact) mass is 532 g/mol. The summed E-state index contributed by atoms with van der Waals surface area (Å²) in [6.07, 6.45) is 1.71. The van der Waals surface area contributed by atoms with E-state index in [1.807, 2.05) is 24.3 Å². The van der Waals surface area contributed by atoms with Crippen molar-refractivity contribution in [2.75, 3.05) is 6.61 Å². The van der Waals surface area contributed by atoms with Crippen molar-refractivity contribution >= 4 is 40.5 Å². The van der Waals surface area contributed by atoms with Gasteiger partial charge in [-0.3, -0.25) is 19.2 Å². The molecule has 1 aromatic carbocycles. The lowest BCUT2D eigenvalue weighted by atomic mass is 10.0. The summed E-state index contributed by atoms with van der Waals surface area (Å²) in [6, 6.07) is 2.53. The summed E-state index contributed by atoms with van der Waals surface area (Å²) >= 11 is 0. The summed E-state index contributed by atoms with van der Waals surface area (Å²) in [5.74, 6) is -4.43. The molecule has 2 aromatic rings. The second-order valence-electron chi connectivity index (χ2n) is 9.51. The van der Waals surface area contributed by atoms with Crippen molar-refractivity contribution in [1.82, 2.24) is 20.9 Å². The number of nitrogens with one attached hydrogen (secondary N) is 4. The van der Waals surface area contributed by atoms with Crippen LogP contribution in [0, 0.1) is 5.92 Å². The van der Waals surface area contributed by atoms with E-state index in [0.717, 1.165) is 16.5 Å². The Morgan fingerprint density at radius 2 is 1.55 bits per heavy atom. The van der Waals surface area contributed by atoms with E-state index in [2.05, 4.69) is 20.9 Å². The fourth-order valence-corrected chi connectivity index (χ4v) is 3.90. The van der Waals surface area contributed by atoms with Gasteiger partial charge in [0.05, 0.1) is 12.6 Å². The van der Waals surface area contributed by atoms with E-state index in [9.17, 15) is 29.1 Å². The van der Waals surface area contributed by atoms with Crippen molar-refractivity contribution in [2.45, 2.75) is 63.7 Å². The van der Waals surface area contributed by atoms with E-state index in [-0.39, 0.29) is 31.6 Å². The predicted octanol–water partition coefficient (Wildman–Crippen LogP) is -1.12. The minimum atomic E-state index is -1.55. The highest BCUT2D eigenvalue weighted by atomic mass is 16.4. The van der Waals surface area contributed by atoms with Crippen LogP contribution >= 0.6 is 0 Å². The number of primary amides is 1. The molecule has 0 aliphatic rings. The van der Waals surface area contributed by atoms with Crippen molar-refractivity contribution in [3.63, 3.8) is 0 Å². The van der Waals surface area contributed by atoms with Gasteiger partial charge in [-0.1, -0.05) is 32.0 Å². The first kappa shape index (κ1) is 30.3. The Bertz CT molecular complexity index is 1150. The van der Waals surface area contributed by atoms with Gasteiger partial charge in [0.15, 0.2) is 0 Å². The zero-order valence-corrected chi connectivity index (χ0v) is 21.4. The molecule has 10 N–H and O–H groups in total. The van der Waals surface area contributed by atoms with Crippen LogP contribution in [0.1, 0.15) is 38.7 Å². The average Bonchev–Trinajstić information content (AvgIpc) is 3.26. The maximum atomic E-state index is 13.1. The molecule has 0 aliphatic carbocycles. The topological polar surface area (TPSA) is 230 Å². The summed E-state index contributed by atoms with van der Waals surface area (Å²) in [5.41, 5.74) is 13.1. The molecule has 1 aromatic heterocycles. The Balaban J connectivity index is 2.14. The molecule has 13 nitrogen and oxygen atoms in total. The first-order chi connectivity index (χ1) is 17.9. The molecule has 4 amide bonds. The highest BCUT2D eigenvalue weighted by molar-refractivity contribution is 5.94. The van der Waals surface area contributed by atoms with Gasteiger partial charge in [0, 0.05) is 23.5 Å². The number of aromatic nitrogens is 1. The number of hydrogen-bond donors (Lipinski definition) is 8. The number of para-hydroxylation sites is 1. The number of hydrogen-bond acceptors (Lipinski definition) is 7. The number of carbonyl (C=O) groups excluding carboxylic acids is 4. The van der Waals surface area contributed by atoms with Gasteiger partial charge in [-0.2, -0.15) is 0 Å². The third-order valence-electron chi connectivity index (χ3n) is 5.90. The lowest BCUT2D eigenvalue weighted by Crippen LogP contribution is -2.58. The number of aliphatic hydroxyl groups excluding tert-OH is 1. The van der Waals surface area contributed by atoms with Crippen molar-refractivity contribution in [3.05, 3.63) is 36.0 Å². The summed E-state index contributed by atoms with van der Waals surface area (Å²) < 4.78 is 0. The van der Waals surface area contributed by atoms with Gasteiger partial charge in [-0.15, -0.1) is 0 Å². The van der Waals surface area contributed by atoms with Crippen LogP contribution in [-0.2, 0) is 30.4 Å². The van der Waals surface area contributed by atoms with E-state index in [0.29, 0.717) is 0 Å². The molecule has 38 heavy (non-hydrogen) atoms. The van der Waals surface area contributed by atoms with Crippen molar-refractivity contribution in [2.24, 2.45) is 17.4 Å². The highest BCUT2D eigenvalue weighted by Crippen LogP contribution is 2.19. The van der Waals surface area contributed by atoms with Crippen LogP contribution in [0.2, 0.25) is 0 Å². The van der Waals surface area contributed by atoms with E-state index < -0.39 is 60.4 Å². The largest absolute Gasteiger partial charge is 0.480 e. The minimum absolute atomic E-state index is 0.0771. The van der Waals surface area contributed by atoms with Crippen molar-refractivity contribution in [3.8, 4) is 0 Å². The van der Waals surface area contributed by atoms with Crippen LogP contribution in [0.15, 0.2) is 30.5 Å². The Hall–Kier alpha value is -3.97. The van der Waals surface area contributed by atoms with Crippen LogP contribution in [0.25, 0.3) is 10.9 Å². The second-order valence-corrected chi connectivity index (χ2v) is 9.51. The van der Waals surface area contributed by atoms with E-state index in [4.69, 9.17) is 16.6 Å². The molecule has 2 rings (SSSR count). The maximum absolute atomic E-state index is 13.1. The SMILES string of the molecule is CC(C)CC(NC(=O)C(CCC(N)=O)NC(=O)C(N)Cc1c[nH]c2ccccc12)C(=O)NC(CO)C(=O)O. The molecule has 0 saturated heterocycles. The molecule has 13 heteroatoms. The van der Waals surface area contributed by atoms with E-state index >= 15 is 0 Å². The van der Waals surface area contributed by atoms with Crippen molar-refractivity contribution in [1.29, 1.82) is 0 Å². The molecule has 0 spiro atoms. The zero-order valence-electron chi connectivity index (χ0n) is 21.4. The quantitative estimate of drug-likeness (QED) is 0.140. The molecule has 0 aliphatic heterocycles. The fraction of sp³-hybridized carbons (Fsp3) is 0.480. The number of fused-ring (bicyclic) bond motifs is 1. The normalized spacial score (nSPS) is 14.3. The third kappa shape index (κ3) is 8.85. The molecule has 4 unspecified atom stereocenters. The molecule has 0 bridgehead atoms. The van der Waals surface area contributed by atoms with Gasteiger partial charge >= 0.3 is 5.97 Å². The zero-order chi connectivity index (χ0) is 28.4. The number of H-pyrrole nitrogens is 1. The molecule has 0 fully saturated rings. The molecule has 0 radical (unpaired) electrons. The van der Waals surface area contributed by atoms with Gasteiger partial charge in [0.1, 0.15) is 18.1 Å². The van der Waals surface area contributed by atoms with Gasteiger partial charge in [-0.25, -0.2) is 4.79 Å². The van der Waals surface area contributed by atoms with Crippen LogP contribution in [-0.4, -0.2) is 75.6 Å². The number of aliphatic hydroxyl groups is 1. The fourth-order valence-electron chi connectivity index (χ4n) is 3.90. The molecule has 1 heterocycles. The van der Waals surface area contributed by atoms with Crippen LogP contribution in [0.4, 0.5) is 0 Å². The van der Waals surface area contributed by atoms with Gasteiger partial charge in [0.2, 0.25) is 23.6 Å². The Labute approximate surface area is 219 Å². The van der Waals surface area contributed by atoms with Crippen LogP contribution in [0.5, 0.6) is 0 Å². The maximum Gasteiger partial charge on any atom is 0.328 e. The van der Waals surface area contributed by atoms with Gasteiger partial charge in [-0.05, 0) is 36.8 Å². The lowest BCUT2D eigenvalue weighted by molar-refractivity contribution is -0.143. The highest BCUT2D eigenvalue weighted by Gasteiger charge is 2.31.